The van der Waals surface area contributed by atoms with E-state index in [0.29, 0.717) is 0 Å². The molecule has 2 nitrogen and oxygen atoms in total. The van der Waals surface area contributed by atoms with Crippen LogP contribution >= 0.6 is 22.7 Å². The Morgan fingerprint density at radius 2 is 2.20 bits per heavy atom. The summed E-state index contributed by atoms with van der Waals surface area (Å²) in [6.07, 6.45) is -0.515. The first-order chi connectivity index (χ1) is 7.22. The monoisotopic (exact) mass is 240 g/mol. The van der Waals surface area contributed by atoms with Crippen LogP contribution in [-0.4, -0.2) is 12.2 Å². The largest absolute Gasteiger partial charge is 0.496 e. The number of aliphatic hydroxyl groups is 1. The van der Waals surface area contributed by atoms with Crippen molar-refractivity contribution < 1.29 is 9.84 Å². The Balaban J connectivity index is 2.28. The summed E-state index contributed by atoms with van der Waals surface area (Å²) < 4.78 is 5.10. The van der Waals surface area contributed by atoms with Crippen molar-refractivity contribution in [3.8, 4) is 5.75 Å². The minimum absolute atomic E-state index is 0.515. The summed E-state index contributed by atoms with van der Waals surface area (Å²) >= 11 is 3.11. The molecular formula is C11H12O2S2. The molecule has 0 aromatic carbocycles. The quantitative estimate of drug-likeness (QED) is 0.892. The fourth-order valence-corrected chi connectivity index (χ4v) is 3.23. The Hall–Kier alpha value is -0.840. The molecular weight excluding hydrogens is 228 g/mol. The summed E-state index contributed by atoms with van der Waals surface area (Å²) in [4.78, 5) is 1.94. The molecule has 80 valence electrons. The SMILES string of the molecule is COc1csc(C(O)c2sccc2C)c1. The Bertz CT molecular complexity index is 445. The average molecular weight is 240 g/mol. The maximum absolute atomic E-state index is 10.1. The highest BCUT2D eigenvalue weighted by molar-refractivity contribution is 7.11. The molecule has 2 aromatic heterocycles. The van der Waals surface area contributed by atoms with E-state index in [4.69, 9.17) is 4.74 Å². The summed E-state index contributed by atoms with van der Waals surface area (Å²) in [7, 11) is 1.63. The summed E-state index contributed by atoms with van der Waals surface area (Å²) in [5, 5.41) is 14.0. The molecule has 0 aliphatic carbocycles. The second-order valence-corrected chi connectivity index (χ2v) is 5.15. The maximum Gasteiger partial charge on any atom is 0.129 e. The van der Waals surface area contributed by atoms with Crippen molar-refractivity contribution in [1.82, 2.24) is 0 Å². The number of hydrogen-bond donors (Lipinski definition) is 1. The maximum atomic E-state index is 10.1. The molecule has 2 rings (SSSR count). The standard InChI is InChI=1S/C11H12O2S2/c1-7-3-4-14-11(7)10(12)9-5-8(13-2)6-15-9/h3-6,10,12H,1-2H3. The van der Waals surface area contributed by atoms with Crippen LogP contribution in [0.2, 0.25) is 0 Å². The van der Waals surface area contributed by atoms with Crippen LogP contribution in [0.1, 0.15) is 21.4 Å². The summed E-state index contributed by atoms with van der Waals surface area (Å²) in [6, 6.07) is 3.91. The summed E-state index contributed by atoms with van der Waals surface area (Å²) in [5.74, 6) is 0.809. The first-order valence-electron chi connectivity index (χ1n) is 4.57. The van der Waals surface area contributed by atoms with E-state index in [-0.39, 0.29) is 0 Å². The molecule has 15 heavy (non-hydrogen) atoms. The molecule has 0 radical (unpaired) electrons. The molecule has 0 saturated carbocycles. The molecule has 0 spiro atoms. The van der Waals surface area contributed by atoms with E-state index in [1.807, 2.05) is 29.8 Å². The Labute approximate surface area is 96.8 Å². The lowest BCUT2D eigenvalue weighted by Crippen LogP contribution is -1.95. The smallest absolute Gasteiger partial charge is 0.129 e. The fraction of sp³-hybridized carbons (Fsp3) is 0.273. The molecule has 0 amide bonds. The zero-order valence-corrected chi connectivity index (χ0v) is 10.2. The average Bonchev–Trinajstić information content (AvgIpc) is 2.84. The highest BCUT2D eigenvalue weighted by Crippen LogP contribution is 2.34. The van der Waals surface area contributed by atoms with Gasteiger partial charge in [-0.25, -0.2) is 0 Å². The first kappa shape index (κ1) is 10.7. The van der Waals surface area contributed by atoms with Crippen LogP contribution < -0.4 is 4.74 Å². The number of thiophene rings is 2. The van der Waals surface area contributed by atoms with Crippen molar-refractivity contribution in [3.63, 3.8) is 0 Å². The van der Waals surface area contributed by atoms with Gasteiger partial charge in [0.1, 0.15) is 11.9 Å². The van der Waals surface area contributed by atoms with Gasteiger partial charge in [-0.1, -0.05) is 0 Å². The van der Waals surface area contributed by atoms with Gasteiger partial charge in [-0.05, 0) is 30.0 Å². The van der Waals surface area contributed by atoms with Crippen molar-refractivity contribution >= 4 is 22.7 Å². The molecule has 0 saturated heterocycles. The van der Waals surface area contributed by atoms with Crippen LogP contribution in [0.3, 0.4) is 0 Å². The van der Waals surface area contributed by atoms with E-state index in [2.05, 4.69) is 0 Å². The Morgan fingerprint density at radius 1 is 1.40 bits per heavy atom. The minimum Gasteiger partial charge on any atom is -0.496 e. The van der Waals surface area contributed by atoms with Gasteiger partial charge < -0.3 is 9.84 Å². The zero-order valence-electron chi connectivity index (χ0n) is 8.56. The minimum atomic E-state index is -0.515. The predicted octanol–water partition coefficient (Wildman–Crippen LogP) is 3.21. The number of hydrogen-bond acceptors (Lipinski definition) is 4. The first-order valence-corrected chi connectivity index (χ1v) is 6.32. The molecule has 1 N–H and O–H groups in total. The number of methoxy groups -OCH3 is 1. The van der Waals surface area contributed by atoms with Crippen molar-refractivity contribution in [2.45, 2.75) is 13.0 Å². The third-order valence-electron chi connectivity index (χ3n) is 2.25. The van der Waals surface area contributed by atoms with Gasteiger partial charge in [-0.3, -0.25) is 0 Å². The zero-order chi connectivity index (χ0) is 10.8. The normalized spacial score (nSPS) is 12.7. The van der Waals surface area contributed by atoms with Gasteiger partial charge in [-0.2, -0.15) is 0 Å². The Kier molecular flexibility index (Phi) is 3.09. The molecule has 0 fully saturated rings. The molecule has 2 heterocycles. The molecule has 1 atom stereocenters. The van der Waals surface area contributed by atoms with Gasteiger partial charge in [0.15, 0.2) is 0 Å². The van der Waals surface area contributed by atoms with Crippen molar-refractivity contribution in [3.05, 3.63) is 38.2 Å². The third-order valence-corrected chi connectivity index (χ3v) is 4.29. The lowest BCUT2D eigenvalue weighted by atomic mass is 10.2. The van der Waals surface area contributed by atoms with Crippen LogP contribution in [0.25, 0.3) is 0 Å². The molecule has 0 aliphatic rings. The van der Waals surface area contributed by atoms with Gasteiger partial charge in [0.2, 0.25) is 0 Å². The summed E-state index contributed by atoms with van der Waals surface area (Å²) in [6.45, 7) is 2.01. The van der Waals surface area contributed by atoms with E-state index >= 15 is 0 Å². The number of rotatable bonds is 3. The highest BCUT2D eigenvalue weighted by Gasteiger charge is 2.16. The number of ether oxygens (including phenoxy) is 1. The predicted molar refractivity (Wildman–Crippen MR) is 64.0 cm³/mol. The molecule has 2 aromatic rings. The van der Waals surface area contributed by atoms with Crippen LogP contribution in [0, 0.1) is 6.92 Å². The number of aliphatic hydroxyl groups excluding tert-OH is 1. The van der Waals surface area contributed by atoms with Crippen molar-refractivity contribution in [2.75, 3.05) is 7.11 Å². The third kappa shape index (κ3) is 2.07. The van der Waals surface area contributed by atoms with E-state index in [0.717, 1.165) is 21.1 Å². The van der Waals surface area contributed by atoms with Gasteiger partial charge in [0, 0.05) is 15.1 Å². The van der Waals surface area contributed by atoms with E-state index in [1.54, 1.807) is 18.4 Å². The van der Waals surface area contributed by atoms with Gasteiger partial charge >= 0.3 is 0 Å². The summed E-state index contributed by atoms with van der Waals surface area (Å²) in [5.41, 5.74) is 1.14. The van der Waals surface area contributed by atoms with Crippen LogP contribution in [0.5, 0.6) is 5.75 Å². The van der Waals surface area contributed by atoms with Crippen molar-refractivity contribution in [1.29, 1.82) is 0 Å². The van der Waals surface area contributed by atoms with Gasteiger partial charge in [0.25, 0.3) is 0 Å². The lowest BCUT2D eigenvalue weighted by molar-refractivity contribution is 0.227. The van der Waals surface area contributed by atoms with Gasteiger partial charge in [0.05, 0.1) is 7.11 Å². The second kappa shape index (κ2) is 4.35. The second-order valence-electron chi connectivity index (χ2n) is 3.26. The van der Waals surface area contributed by atoms with Crippen LogP contribution in [0.4, 0.5) is 0 Å². The van der Waals surface area contributed by atoms with E-state index in [1.165, 1.54) is 11.3 Å². The molecule has 0 bridgehead atoms. The van der Waals surface area contributed by atoms with E-state index in [9.17, 15) is 5.11 Å². The van der Waals surface area contributed by atoms with Crippen LogP contribution in [-0.2, 0) is 0 Å². The highest BCUT2D eigenvalue weighted by atomic mass is 32.1. The Morgan fingerprint density at radius 3 is 2.73 bits per heavy atom. The van der Waals surface area contributed by atoms with Crippen molar-refractivity contribution in [2.24, 2.45) is 0 Å². The topological polar surface area (TPSA) is 29.5 Å². The van der Waals surface area contributed by atoms with Gasteiger partial charge in [-0.15, -0.1) is 22.7 Å². The fourth-order valence-electron chi connectivity index (χ4n) is 1.38. The van der Waals surface area contributed by atoms with E-state index < -0.39 is 6.10 Å². The molecule has 4 heteroatoms. The lowest BCUT2D eigenvalue weighted by Gasteiger charge is -2.06. The number of aryl methyl sites for hydroxylation is 1. The van der Waals surface area contributed by atoms with Crippen LogP contribution in [0.15, 0.2) is 22.9 Å². The molecule has 1 unspecified atom stereocenters. The molecule has 0 aliphatic heterocycles.